The van der Waals surface area contributed by atoms with E-state index in [4.69, 9.17) is 4.74 Å². The first-order valence-electron chi connectivity index (χ1n) is 4.72. The summed E-state index contributed by atoms with van der Waals surface area (Å²) in [6.45, 7) is 4.99. The maximum absolute atomic E-state index is 11.3. The van der Waals surface area contributed by atoms with Gasteiger partial charge >= 0.3 is 6.09 Å². The van der Waals surface area contributed by atoms with Crippen LogP contribution in [-0.2, 0) is 4.74 Å². The van der Waals surface area contributed by atoms with Gasteiger partial charge in [0, 0.05) is 12.3 Å². The van der Waals surface area contributed by atoms with Gasteiger partial charge < -0.3 is 4.74 Å². The number of amides is 2. The molecular weight excluding hydrogens is 202 g/mol. The molecular formula is C9H15NO3S. The molecule has 0 bridgehead atoms. The molecule has 80 valence electrons. The van der Waals surface area contributed by atoms with Gasteiger partial charge in [0.25, 0.3) is 5.24 Å². The lowest BCUT2D eigenvalue weighted by atomic mass is 10.1. The van der Waals surface area contributed by atoms with Crippen molar-refractivity contribution in [2.24, 2.45) is 5.92 Å². The Kier molecular flexibility index (Phi) is 4.25. The van der Waals surface area contributed by atoms with Crippen LogP contribution < -0.4 is 0 Å². The van der Waals surface area contributed by atoms with Gasteiger partial charge in [0.2, 0.25) is 0 Å². The molecule has 14 heavy (non-hydrogen) atoms. The van der Waals surface area contributed by atoms with Crippen LogP contribution in [0, 0.1) is 5.92 Å². The summed E-state index contributed by atoms with van der Waals surface area (Å²) in [5, 5.41) is -0.195. The second-order valence-electron chi connectivity index (χ2n) is 3.56. The number of hydrogen-bond donors (Lipinski definition) is 0. The minimum Gasteiger partial charge on any atom is -0.449 e. The zero-order valence-corrected chi connectivity index (χ0v) is 9.30. The lowest BCUT2D eigenvalue weighted by molar-refractivity contribution is 0.113. The fourth-order valence-corrected chi connectivity index (χ4v) is 1.79. The third-order valence-electron chi connectivity index (χ3n) is 1.90. The van der Waals surface area contributed by atoms with Crippen molar-refractivity contribution in [1.82, 2.24) is 4.90 Å². The number of carbonyl (C=O) groups excluding carboxylic acids is 2. The summed E-state index contributed by atoms with van der Waals surface area (Å²) in [6.07, 6.45) is 0.335. The Balaban J connectivity index is 2.24. The number of nitrogens with zero attached hydrogens (tertiary/aromatic N) is 1. The van der Waals surface area contributed by atoms with Crippen LogP contribution in [0.3, 0.4) is 0 Å². The molecule has 0 saturated carbocycles. The predicted molar refractivity (Wildman–Crippen MR) is 55.4 cm³/mol. The Morgan fingerprint density at radius 2 is 2.36 bits per heavy atom. The molecule has 2 amide bonds. The van der Waals surface area contributed by atoms with Crippen molar-refractivity contribution in [3.8, 4) is 0 Å². The molecule has 0 aromatic heterocycles. The molecule has 0 spiro atoms. The molecule has 1 rings (SSSR count). The molecule has 0 unspecified atom stereocenters. The number of thioether (sulfide) groups is 1. The van der Waals surface area contributed by atoms with Gasteiger partial charge in [0.05, 0.1) is 6.61 Å². The minimum atomic E-state index is -0.499. The van der Waals surface area contributed by atoms with Gasteiger partial charge in [-0.25, -0.2) is 9.69 Å². The van der Waals surface area contributed by atoms with Crippen LogP contribution in [0.15, 0.2) is 0 Å². The Labute approximate surface area is 88.0 Å². The highest BCUT2D eigenvalue weighted by atomic mass is 32.2. The third kappa shape index (κ3) is 3.21. The van der Waals surface area contributed by atoms with Gasteiger partial charge in [-0.2, -0.15) is 0 Å². The minimum absolute atomic E-state index is 0.195. The van der Waals surface area contributed by atoms with Crippen LogP contribution in [0.25, 0.3) is 0 Å². The van der Waals surface area contributed by atoms with Crippen molar-refractivity contribution in [3.05, 3.63) is 0 Å². The molecule has 5 heteroatoms. The van der Waals surface area contributed by atoms with Gasteiger partial charge in [-0.15, -0.1) is 0 Å². The Bertz CT molecular complexity index is 230. The summed E-state index contributed by atoms with van der Waals surface area (Å²) in [7, 11) is 0. The van der Waals surface area contributed by atoms with Crippen molar-refractivity contribution in [1.29, 1.82) is 0 Å². The van der Waals surface area contributed by atoms with Gasteiger partial charge in [0.15, 0.2) is 0 Å². The summed E-state index contributed by atoms with van der Waals surface area (Å²) in [4.78, 5) is 23.6. The van der Waals surface area contributed by atoms with Crippen molar-refractivity contribution >= 4 is 23.1 Å². The van der Waals surface area contributed by atoms with E-state index in [9.17, 15) is 9.59 Å². The molecule has 1 fully saturated rings. The Morgan fingerprint density at radius 1 is 1.64 bits per heavy atom. The first-order valence-corrected chi connectivity index (χ1v) is 5.71. The predicted octanol–water partition coefficient (Wildman–Crippen LogP) is 2.34. The van der Waals surface area contributed by atoms with E-state index in [-0.39, 0.29) is 5.24 Å². The maximum atomic E-state index is 11.3. The molecule has 4 nitrogen and oxygen atoms in total. The SMILES string of the molecule is CC(C)CCOC(=O)N1CCSC1=O. The largest absolute Gasteiger partial charge is 0.449 e. The molecule has 1 saturated heterocycles. The standard InChI is InChI=1S/C9H15NO3S/c1-7(2)3-5-13-8(11)10-4-6-14-9(10)12/h7H,3-6H2,1-2H3. The molecule has 1 aliphatic rings. The quantitative estimate of drug-likeness (QED) is 0.728. The summed E-state index contributed by atoms with van der Waals surface area (Å²) in [5.74, 6) is 1.18. The fourth-order valence-electron chi connectivity index (χ4n) is 1.02. The maximum Gasteiger partial charge on any atom is 0.417 e. The van der Waals surface area contributed by atoms with Gasteiger partial charge in [-0.3, -0.25) is 4.79 Å². The molecule has 0 N–H and O–H groups in total. The molecule has 1 aliphatic heterocycles. The number of rotatable bonds is 3. The van der Waals surface area contributed by atoms with Crippen LogP contribution >= 0.6 is 11.8 Å². The molecule has 0 aromatic carbocycles. The van der Waals surface area contributed by atoms with Crippen molar-refractivity contribution in [2.45, 2.75) is 20.3 Å². The van der Waals surface area contributed by atoms with E-state index >= 15 is 0 Å². The van der Waals surface area contributed by atoms with Crippen molar-refractivity contribution in [2.75, 3.05) is 18.9 Å². The molecule has 1 heterocycles. The topological polar surface area (TPSA) is 46.6 Å². The Hall–Kier alpha value is -0.710. The summed E-state index contributed by atoms with van der Waals surface area (Å²) < 4.78 is 4.96. The number of carbonyl (C=O) groups is 2. The van der Waals surface area contributed by atoms with E-state index in [2.05, 4.69) is 13.8 Å². The first-order chi connectivity index (χ1) is 6.61. The zero-order chi connectivity index (χ0) is 10.6. The average molecular weight is 217 g/mol. The highest BCUT2D eigenvalue weighted by molar-refractivity contribution is 8.13. The normalized spacial score (nSPS) is 16.5. The van der Waals surface area contributed by atoms with E-state index in [1.54, 1.807) is 0 Å². The fraction of sp³-hybridized carbons (Fsp3) is 0.778. The van der Waals surface area contributed by atoms with Gasteiger partial charge in [-0.1, -0.05) is 25.6 Å². The van der Waals surface area contributed by atoms with E-state index < -0.39 is 6.09 Å². The summed E-state index contributed by atoms with van der Waals surface area (Å²) in [5.41, 5.74) is 0. The molecule has 0 atom stereocenters. The van der Waals surface area contributed by atoms with Crippen molar-refractivity contribution < 1.29 is 14.3 Å². The smallest absolute Gasteiger partial charge is 0.417 e. The van der Waals surface area contributed by atoms with Crippen LogP contribution in [-0.4, -0.2) is 35.1 Å². The second kappa shape index (κ2) is 5.24. The second-order valence-corrected chi connectivity index (χ2v) is 4.61. The van der Waals surface area contributed by atoms with E-state index in [1.807, 2.05) is 0 Å². The molecule has 0 radical (unpaired) electrons. The molecule has 0 aliphatic carbocycles. The van der Waals surface area contributed by atoms with Crippen LogP contribution in [0.5, 0.6) is 0 Å². The first kappa shape index (κ1) is 11.4. The number of hydrogen-bond acceptors (Lipinski definition) is 4. The lowest BCUT2D eigenvalue weighted by Gasteiger charge is -2.13. The number of imide groups is 1. The third-order valence-corrected chi connectivity index (χ3v) is 2.76. The van der Waals surface area contributed by atoms with E-state index in [1.165, 1.54) is 0 Å². The van der Waals surface area contributed by atoms with Crippen LogP contribution in [0.2, 0.25) is 0 Å². The molecule has 0 aromatic rings. The van der Waals surface area contributed by atoms with E-state index in [0.29, 0.717) is 24.8 Å². The van der Waals surface area contributed by atoms with Gasteiger partial charge in [-0.05, 0) is 12.3 Å². The highest BCUT2D eigenvalue weighted by Crippen LogP contribution is 2.18. The average Bonchev–Trinajstić information content (AvgIpc) is 2.50. The summed E-state index contributed by atoms with van der Waals surface area (Å²) >= 11 is 1.16. The number of ether oxygens (including phenoxy) is 1. The Morgan fingerprint density at radius 3 is 2.86 bits per heavy atom. The summed E-state index contributed by atoms with van der Waals surface area (Å²) in [6, 6.07) is 0. The van der Waals surface area contributed by atoms with Crippen LogP contribution in [0.4, 0.5) is 9.59 Å². The van der Waals surface area contributed by atoms with Gasteiger partial charge in [0.1, 0.15) is 0 Å². The van der Waals surface area contributed by atoms with Crippen LogP contribution in [0.1, 0.15) is 20.3 Å². The lowest BCUT2D eigenvalue weighted by Crippen LogP contribution is -2.31. The van der Waals surface area contributed by atoms with Crippen molar-refractivity contribution in [3.63, 3.8) is 0 Å². The highest BCUT2D eigenvalue weighted by Gasteiger charge is 2.28. The van der Waals surface area contributed by atoms with E-state index in [0.717, 1.165) is 23.1 Å². The monoisotopic (exact) mass is 217 g/mol. The zero-order valence-electron chi connectivity index (χ0n) is 8.49.